The Morgan fingerprint density at radius 2 is 2.31 bits per heavy atom. The number of rotatable bonds is 5. The van der Waals surface area contributed by atoms with E-state index in [2.05, 4.69) is 10.2 Å². The van der Waals surface area contributed by atoms with E-state index in [1.54, 1.807) is 0 Å². The van der Waals surface area contributed by atoms with Crippen LogP contribution in [0.15, 0.2) is 17.3 Å². The van der Waals surface area contributed by atoms with Crippen molar-refractivity contribution in [3.05, 3.63) is 12.3 Å². The van der Waals surface area contributed by atoms with Crippen LogP contribution in [0.3, 0.4) is 0 Å². The Labute approximate surface area is 94.3 Å². The molecule has 0 radical (unpaired) electrons. The van der Waals surface area contributed by atoms with Crippen molar-refractivity contribution in [2.75, 3.05) is 13.2 Å². The number of hydrogen-bond donors (Lipinski definition) is 2. The number of aromatic amines is 1. The molecule has 1 aliphatic rings. The SMILES string of the molecule is O=S(=O)(c1ccn[nH]1)N(CCO)C1CCC1. The first-order valence-corrected chi connectivity index (χ1v) is 6.72. The van der Waals surface area contributed by atoms with Gasteiger partial charge in [0, 0.05) is 12.6 Å². The van der Waals surface area contributed by atoms with Gasteiger partial charge in [0.25, 0.3) is 10.0 Å². The van der Waals surface area contributed by atoms with Gasteiger partial charge < -0.3 is 5.11 Å². The normalized spacial score (nSPS) is 17.6. The minimum Gasteiger partial charge on any atom is -0.395 e. The Bertz CT molecular complexity index is 425. The molecule has 1 saturated carbocycles. The molecule has 7 heteroatoms. The third kappa shape index (κ3) is 1.98. The zero-order chi connectivity index (χ0) is 11.6. The molecule has 2 N–H and O–H groups in total. The number of hydrogen-bond acceptors (Lipinski definition) is 4. The van der Waals surface area contributed by atoms with E-state index < -0.39 is 10.0 Å². The predicted octanol–water partition coefficient (Wildman–Crippen LogP) is -0.0548. The Kier molecular flexibility index (Phi) is 3.27. The van der Waals surface area contributed by atoms with Gasteiger partial charge in [-0.25, -0.2) is 8.42 Å². The highest BCUT2D eigenvalue weighted by Crippen LogP contribution is 2.28. The second-order valence-electron chi connectivity index (χ2n) is 3.84. The van der Waals surface area contributed by atoms with Gasteiger partial charge in [0.15, 0.2) is 5.03 Å². The summed E-state index contributed by atoms with van der Waals surface area (Å²) in [5, 5.41) is 15.1. The van der Waals surface area contributed by atoms with Crippen LogP contribution in [0.2, 0.25) is 0 Å². The van der Waals surface area contributed by atoms with E-state index in [0.717, 1.165) is 19.3 Å². The molecule has 16 heavy (non-hydrogen) atoms. The summed E-state index contributed by atoms with van der Waals surface area (Å²) in [6.07, 6.45) is 4.19. The van der Waals surface area contributed by atoms with E-state index in [4.69, 9.17) is 5.11 Å². The van der Waals surface area contributed by atoms with Crippen LogP contribution < -0.4 is 0 Å². The maximum absolute atomic E-state index is 12.2. The number of nitrogens with one attached hydrogen (secondary N) is 1. The van der Waals surface area contributed by atoms with Crippen molar-refractivity contribution in [2.24, 2.45) is 0 Å². The predicted molar refractivity (Wildman–Crippen MR) is 57.2 cm³/mol. The van der Waals surface area contributed by atoms with Gasteiger partial charge in [0.1, 0.15) is 0 Å². The highest BCUT2D eigenvalue weighted by Gasteiger charge is 2.35. The molecule has 0 atom stereocenters. The summed E-state index contributed by atoms with van der Waals surface area (Å²) in [4.78, 5) is 0. The number of H-pyrrole nitrogens is 1. The van der Waals surface area contributed by atoms with E-state index in [9.17, 15) is 8.42 Å². The van der Waals surface area contributed by atoms with Gasteiger partial charge in [0.05, 0.1) is 12.8 Å². The summed E-state index contributed by atoms with van der Waals surface area (Å²) in [6, 6.07) is 1.46. The Balaban J connectivity index is 2.24. The van der Waals surface area contributed by atoms with Crippen LogP contribution in [0.4, 0.5) is 0 Å². The Hall–Kier alpha value is -0.920. The molecule has 1 aromatic heterocycles. The molecule has 0 aromatic carbocycles. The third-order valence-corrected chi connectivity index (χ3v) is 4.75. The molecule has 0 bridgehead atoms. The summed E-state index contributed by atoms with van der Waals surface area (Å²) in [6.45, 7) is -0.0180. The number of aliphatic hydroxyl groups is 1. The van der Waals surface area contributed by atoms with E-state index in [1.165, 1.54) is 16.6 Å². The zero-order valence-corrected chi connectivity index (χ0v) is 9.65. The molecule has 0 spiro atoms. The number of sulfonamides is 1. The van der Waals surface area contributed by atoms with Gasteiger partial charge in [-0.05, 0) is 18.9 Å². The lowest BCUT2D eigenvalue weighted by Crippen LogP contribution is -2.45. The fourth-order valence-electron chi connectivity index (χ4n) is 1.79. The standard InChI is InChI=1S/C9H15N3O3S/c13-7-6-12(8-2-1-3-8)16(14,15)9-4-5-10-11-9/h4-5,8,13H,1-3,6-7H2,(H,10,11). The lowest BCUT2D eigenvalue weighted by molar-refractivity contribution is 0.178. The first-order valence-electron chi connectivity index (χ1n) is 5.28. The van der Waals surface area contributed by atoms with Crippen LogP contribution in [-0.2, 0) is 10.0 Å². The molecule has 0 saturated heterocycles. The van der Waals surface area contributed by atoms with Crippen molar-refractivity contribution >= 4 is 10.0 Å². The minimum absolute atomic E-state index is 0.0282. The van der Waals surface area contributed by atoms with Gasteiger partial charge in [-0.15, -0.1) is 0 Å². The molecule has 1 fully saturated rings. The largest absolute Gasteiger partial charge is 0.395 e. The monoisotopic (exact) mass is 245 g/mol. The molecule has 2 rings (SSSR count). The van der Waals surface area contributed by atoms with E-state index in [0.29, 0.717) is 0 Å². The molecule has 1 aromatic rings. The molecular formula is C9H15N3O3S. The average molecular weight is 245 g/mol. The first-order chi connectivity index (χ1) is 7.66. The van der Waals surface area contributed by atoms with Crippen LogP contribution in [0.5, 0.6) is 0 Å². The third-order valence-electron chi connectivity index (χ3n) is 2.86. The molecule has 1 aliphatic carbocycles. The van der Waals surface area contributed by atoms with Gasteiger partial charge in [-0.1, -0.05) is 6.42 Å². The average Bonchev–Trinajstić information content (AvgIpc) is 2.67. The highest BCUT2D eigenvalue weighted by atomic mass is 32.2. The lowest BCUT2D eigenvalue weighted by atomic mass is 9.93. The van der Waals surface area contributed by atoms with Gasteiger partial charge >= 0.3 is 0 Å². The highest BCUT2D eigenvalue weighted by molar-refractivity contribution is 7.89. The molecule has 1 heterocycles. The van der Waals surface area contributed by atoms with Crippen LogP contribution in [0.25, 0.3) is 0 Å². The summed E-state index contributed by atoms with van der Waals surface area (Å²) < 4.78 is 25.7. The molecule has 90 valence electrons. The van der Waals surface area contributed by atoms with E-state index in [1.807, 2.05) is 0 Å². The molecule has 6 nitrogen and oxygen atoms in total. The van der Waals surface area contributed by atoms with Crippen LogP contribution >= 0.6 is 0 Å². The summed E-state index contributed by atoms with van der Waals surface area (Å²) in [5.74, 6) is 0. The van der Waals surface area contributed by atoms with Gasteiger partial charge in [-0.2, -0.15) is 9.40 Å². The lowest BCUT2D eigenvalue weighted by Gasteiger charge is -2.35. The summed E-state index contributed by atoms with van der Waals surface area (Å²) in [5.41, 5.74) is 0. The number of nitrogens with zero attached hydrogens (tertiary/aromatic N) is 2. The van der Waals surface area contributed by atoms with Crippen molar-refractivity contribution in [1.29, 1.82) is 0 Å². The molecular weight excluding hydrogens is 230 g/mol. The van der Waals surface area contributed by atoms with Crippen molar-refractivity contribution in [1.82, 2.24) is 14.5 Å². The zero-order valence-electron chi connectivity index (χ0n) is 8.83. The van der Waals surface area contributed by atoms with Gasteiger partial charge in [0.2, 0.25) is 0 Å². The summed E-state index contributed by atoms with van der Waals surface area (Å²) >= 11 is 0. The van der Waals surface area contributed by atoms with Crippen LogP contribution in [0, 0.1) is 0 Å². The minimum atomic E-state index is -3.52. The maximum atomic E-state index is 12.2. The quantitative estimate of drug-likeness (QED) is 0.761. The fourth-order valence-corrected chi connectivity index (χ4v) is 3.36. The second kappa shape index (κ2) is 4.52. The fraction of sp³-hybridized carbons (Fsp3) is 0.667. The van der Waals surface area contributed by atoms with E-state index in [-0.39, 0.29) is 24.2 Å². The first kappa shape index (κ1) is 11.6. The molecule has 0 unspecified atom stereocenters. The number of aliphatic hydroxyl groups excluding tert-OH is 1. The smallest absolute Gasteiger partial charge is 0.260 e. The van der Waals surface area contributed by atoms with Crippen LogP contribution in [0.1, 0.15) is 19.3 Å². The molecule has 0 amide bonds. The topological polar surface area (TPSA) is 86.3 Å². The maximum Gasteiger partial charge on any atom is 0.260 e. The molecule has 0 aliphatic heterocycles. The summed E-state index contributed by atoms with van der Waals surface area (Å²) in [7, 11) is -3.52. The second-order valence-corrected chi connectivity index (χ2v) is 5.70. The Morgan fingerprint density at radius 1 is 1.56 bits per heavy atom. The van der Waals surface area contributed by atoms with E-state index >= 15 is 0 Å². The van der Waals surface area contributed by atoms with Crippen LogP contribution in [-0.4, -0.2) is 47.2 Å². The Morgan fingerprint density at radius 3 is 2.75 bits per heavy atom. The van der Waals surface area contributed by atoms with Crippen molar-refractivity contribution in [3.8, 4) is 0 Å². The van der Waals surface area contributed by atoms with Gasteiger partial charge in [-0.3, -0.25) is 5.10 Å². The van der Waals surface area contributed by atoms with Crippen molar-refractivity contribution in [2.45, 2.75) is 30.3 Å². The van der Waals surface area contributed by atoms with Crippen molar-refractivity contribution < 1.29 is 13.5 Å². The van der Waals surface area contributed by atoms with Crippen molar-refractivity contribution in [3.63, 3.8) is 0 Å². The number of aromatic nitrogens is 2.